The summed E-state index contributed by atoms with van der Waals surface area (Å²) in [6, 6.07) is 3.40. The number of hydrogen-bond donors (Lipinski definition) is 0. The molecule has 2 rings (SSSR count). The van der Waals surface area contributed by atoms with E-state index < -0.39 is 6.29 Å². The molecule has 0 saturated heterocycles. The van der Waals surface area contributed by atoms with Gasteiger partial charge < -0.3 is 9.47 Å². The Labute approximate surface area is 93.2 Å². The first-order chi connectivity index (χ1) is 7.57. The van der Waals surface area contributed by atoms with E-state index in [2.05, 4.69) is 16.4 Å². The van der Waals surface area contributed by atoms with Crippen molar-refractivity contribution in [3.63, 3.8) is 0 Å². The summed E-state index contributed by atoms with van der Waals surface area (Å²) in [5.74, 6) is 0.347. The summed E-state index contributed by atoms with van der Waals surface area (Å²) in [4.78, 5) is 0. The van der Waals surface area contributed by atoms with Gasteiger partial charge in [-0.25, -0.2) is 0 Å². The van der Waals surface area contributed by atoms with Crippen molar-refractivity contribution in [2.45, 2.75) is 39.4 Å². The van der Waals surface area contributed by atoms with Crippen molar-refractivity contribution in [2.24, 2.45) is 0 Å². The maximum atomic E-state index is 12.9. The molecule has 2 nitrogen and oxygen atoms in total. The molecule has 0 N–H and O–H groups in total. The fourth-order valence-corrected chi connectivity index (χ4v) is 2.00. The van der Waals surface area contributed by atoms with E-state index in [9.17, 15) is 8.78 Å². The standard InChI is InChI=1S/C12H14F2O2/c1-3-5-8-6-7-10-11(9(8)4-2)16-12(13,14)15-10/h6-7H,3-5H2,1-2H3. The van der Waals surface area contributed by atoms with E-state index in [4.69, 9.17) is 0 Å². The van der Waals surface area contributed by atoms with Gasteiger partial charge in [0.05, 0.1) is 0 Å². The summed E-state index contributed by atoms with van der Waals surface area (Å²) in [5, 5.41) is 0. The van der Waals surface area contributed by atoms with Crippen LogP contribution in [0.2, 0.25) is 0 Å². The molecule has 0 spiro atoms. The Morgan fingerprint density at radius 2 is 1.94 bits per heavy atom. The summed E-state index contributed by atoms with van der Waals surface area (Å²) in [6.07, 6.45) is -1.01. The molecule has 4 heteroatoms. The highest BCUT2D eigenvalue weighted by molar-refractivity contribution is 5.52. The molecule has 1 aromatic carbocycles. The second-order valence-electron chi connectivity index (χ2n) is 3.80. The first-order valence-electron chi connectivity index (χ1n) is 5.48. The second-order valence-corrected chi connectivity index (χ2v) is 3.80. The van der Waals surface area contributed by atoms with Gasteiger partial charge in [0, 0.05) is 5.56 Å². The predicted molar refractivity (Wildman–Crippen MR) is 56.0 cm³/mol. The van der Waals surface area contributed by atoms with Crippen molar-refractivity contribution >= 4 is 0 Å². The van der Waals surface area contributed by atoms with Crippen LogP contribution in [0.25, 0.3) is 0 Å². The van der Waals surface area contributed by atoms with Crippen LogP contribution in [0.1, 0.15) is 31.4 Å². The molecule has 0 aliphatic carbocycles. The number of benzene rings is 1. The van der Waals surface area contributed by atoms with Crippen molar-refractivity contribution < 1.29 is 18.3 Å². The van der Waals surface area contributed by atoms with Crippen LogP contribution in [0.4, 0.5) is 8.78 Å². The molecule has 0 bridgehead atoms. The van der Waals surface area contributed by atoms with Crippen LogP contribution < -0.4 is 9.47 Å². The minimum absolute atomic E-state index is 0.140. The molecule has 0 radical (unpaired) electrons. The quantitative estimate of drug-likeness (QED) is 0.788. The van der Waals surface area contributed by atoms with Gasteiger partial charge in [-0.3, -0.25) is 0 Å². The third-order valence-electron chi connectivity index (χ3n) is 2.64. The van der Waals surface area contributed by atoms with Crippen molar-refractivity contribution in [1.82, 2.24) is 0 Å². The third kappa shape index (κ3) is 1.84. The molecule has 0 fully saturated rings. The van der Waals surface area contributed by atoms with Gasteiger partial charge >= 0.3 is 6.29 Å². The summed E-state index contributed by atoms with van der Waals surface area (Å²) in [5.41, 5.74) is 1.89. The van der Waals surface area contributed by atoms with E-state index in [0.717, 1.165) is 24.0 Å². The Kier molecular flexibility index (Phi) is 2.74. The second kappa shape index (κ2) is 3.92. The Balaban J connectivity index is 2.43. The SMILES string of the molecule is CCCc1ccc2c(c1CC)OC(F)(F)O2. The molecule has 0 unspecified atom stereocenters. The Morgan fingerprint density at radius 1 is 1.19 bits per heavy atom. The molecule has 1 aliphatic rings. The third-order valence-corrected chi connectivity index (χ3v) is 2.64. The van der Waals surface area contributed by atoms with Crippen LogP contribution in [-0.4, -0.2) is 6.29 Å². The minimum atomic E-state index is -3.52. The molecule has 0 atom stereocenters. The number of aryl methyl sites for hydroxylation is 1. The molecule has 16 heavy (non-hydrogen) atoms. The van der Waals surface area contributed by atoms with E-state index in [1.54, 1.807) is 6.07 Å². The lowest BCUT2D eigenvalue weighted by molar-refractivity contribution is -0.286. The topological polar surface area (TPSA) is 18.5 Å². The van der Waals surface area contributed by atoms with E-state index in [1.165, 1.54) is 0 Å². The molecule has 1 aromatic rings. The minimum Gasteiger partial charge on any atom is -0.395 e. The smallest absolute Gasteiger partial charge is 0.395 e. The Bertz CT molecular complexity index is 402. The van der Waals surface area contributed by atoms with Gasteiger partial charge in [-0.05, 0) is 24.5 Å². The van der Waals surface area contributed by atoms with Crippen molar-refractivity contribution in [3.8, 4) is 11.5 Å². The van der Waals surface area contributed by atoms with Crippen LogP contribution in [0, 0.1) is 0 Å². The summed E-state index contributed by atoms with van der Waals surface area (Å²) in [6.45, 7) is 3.98. The van der Waals surface area contributed by atoms with E-state index in [0.29, 0.717) is 6.42 Å². The summed E-state index contributed by atoms with van der Waals surface area (Å²) in [7, 11) is 0. The number of fused-ring (bicyclic) bond motifs is 1. The molecule has 0 aromatic heterocycles. The molecule has 88 valence electrons. The zero-order valence-electron chi connectivity index (χ0n) is 9.35. The Morgan fingerprint density at radius 3 is 2.56 bits per heavy atom. The van der Waals surface area contributed by atoms with Gasteiger partial charge in [0.1, 0.15) is 0 Å². The van der Waals surface area contributed by atoms with Gasteiger partial charge in [-0.15, -0.1) is 8.78 Å². The van der Waals surface area contributed by atoms with Gasteiger partial charge in [0.2, 0.25) is 0 Å². The highest BCUT2D eigenvalue weighted by Gasteiger charge is 2.44. The molecular weight excluding hydrogens is 214 g/mol. The number of alkyl halides is 2. The normalized spacial score (nSPS) is 16.5. The van der Waals surface area contributed by atoms with Gasteiger partial charge in [-0.1, -0.05) is 26.3 Å². The zero-order chi connectivity index (χ0) is 11.8. The molecule has 1 aliphatic heterocycles. The van der Waals surface area contributed by atoms with Crippen LogP contribution in [-0.2, 0) is 12.8 Å². The average molecular weight is 228 g/mol. The maximum absolute atomic E-state index is 12.9. The monoisotopic (exact) mass is 228 g/mol. The lowest BCUT2D eigenvalue weighted by Gasteiger charge is -2.09. The average Bonchev–Trinajstić information content (AvgIpc) is 2.52. The Hall–Kier alpha value is -1.32. The first-order valence-corrected chi connectivity index (χ1v) is 5.48. The van der Waals surface area contributed by atoms with Gasteiger partial charge in [0.15, 0.2) is 11.5 Å². The van der Waals surface area contributed by atoms with E-state index in [-0.39, 0.29) is 11.5 Å². The lowest BCUT2D eigenvalue weighted by atomic mass is 10.00. The van der Waals surface area contributed by atoms with Crippen molar-refractivity contribution in [2.75, 3.05) is 0 Å². The number of halogens is 2. The van der Waals surface area contributed by atoms with Gasteiger partial charge in [-0.2, -0.15) is 0 Å². The van der Waals surface area contributed by atoms with Crippen LogP contribution >= 0.6 is 0 Å². The maximum Gasteiger partial charge on any atom is 0.586 e. The lowest BCUT2D eigenvalue weighted by Crippen LogP contribution is -2.26. The summed E-state index contributed by atoms with van der Waals surface area (Å²) < 4.78 is 34.8. The number of hydrogen-bond acceptors (Lipinski definition) is 2. The number of rotatable bonds is 3. The predicted octanol–water partition coefficient (Wildman–Crippen LogP) is 3.52. The van der Waals surface area contributed by atoms with Gasteiger partial charge in [0.25, 0.3) is 0 Å². The van der Waals surface area contributed by atoms with E-state index in [1.807, 2.05) is 13.0 Å². The fraction of sp³-hybridized carbons (Fsp3) is 0.500. The van der Waals surface area contributed by atoms with Crippen molar-refractivity contribution in [3.05, 3.63) is 23.3 Å². The fourth-order valence-electron chi connectivity index (χ4n) is 2.00. The largest absolute Gasteiger partial charge is 0.586 e. The molecular formula is C12H14F2O2. The highest BCUT2D eigenvalue weighted by Crippen LogP contribution is 2.44. The molecule has 0 amide bonds. The van der Waals surface area contributed by atoms with Crippen LogP contribution in [0.5, 0.6) is 11.5 Å². The zero-order valence-corrected chi connectivity index (χ0v) is 9.35. The van der Waals surface area contributed by atoms with Crippen LogP contribution in [0.15, 0.2) is 12.1 Å². The van der Waals surface area contributed by atoms with Crippen LogP contribution in [0.3, 0.4) is 0 Å². The van der Waals surface area contributed by atoms with E-state index >= 15 is 0 Å². The highest BCUT2D eigenvalue weighted by atomic mass is 19.3. The molecule has 0 saturated carbocycles. The first kappa shape index (κ1) is 11.2. The van der Waals surface area contributed by atoms with Crippen molar-refractivity contribution in [1.29, 1.82) is 0 Å². The molecule has 1 heterocycles. The summed E-state index contributed by atoms with van der Waals surface area (Å²) >= 11 is 0. The number of ether oxygens (including phenoxy) is 2.